The highest BCUT2D eigenvalue weighted by Crippen LogP contribution is 2.27. The monoisotopic (exact) mass is 395 g/mol. The molecule has 0 N–H and O–H groups in total. The molecule has 3 heterocycles. The van der Waals surface area contributed by atoms with Gasteiger partial charge in [0.2, 0.25) is 0 Å². The van der Waals surface area contributed by atoms with E-state index in [1.54, 1.807) is 47.8 Å². The smallest absolute Gasteiger partial charge is 0.260 e. The Morgan fingerprint density at radius 1 is 1.24 bits per heavy atom. The number of ether oxygens (including phenoxy) is 1. The SMILES string of the molecule is O=C(COc1cccnc1)N1CCC[C@H](c2ncc(Cc3ccc(F)cc3)o2)C1. The van der Waals surface area contributed by atoms with Crippen molar-refractivity contribution in [2.75, 3.05) is 19.7 Å². The number of carbonyl (C=O) groups excluding carboxylic acids is 1. The van der Waals surface area contributed by atoms with Gasteiger partial charge in [-0.05, 0) is 42.7 Å². The van der Waals surface area contributed by atoms with Crippen molar-refractivity contribution >= 4 is 5.91 Å². The average molecular weight is 395 g/mol. The maximum Gasteiger partial charge on any atom is 0.260 e. The van der Waals surface area contributed by atoms with E-state index >= 15 is 0 Å². The van der Waals surface area contributed by atoms with Gasteiger partial charge in [-0.3, -0.25) is 9.78 Å². The summed E-state index contributed by atoms with van der Waals surface area (Å²) < 4.78 is 24.5. The van der Waals surface area contributed by atoms with Crippen LogP contribution < -0.4 is 4.74 Å². The average Bonchev–Trinajstić information content (AvgIpc) is 3.23. The van der Waals surface area contributed by atoms with Crippen molar-refractivity contribution in [3.8, 4) is 5.75 Å². The van der Waals surface area contributed by atoms with Crippen molar-refractivity contribution in [3.05, 3.63) is 78.0 Å². The second-order valence-electron chi connectivity index (χ2n) is 7.12. The van der Waals surface area contributed by atoms with Crippen molar-refractivity contribution in [2.45, 2.75) is 25.2 Å². The Hall–Kier alpha value is -3.22. The van der Waals surface area contributed by atoms with Crippen LogP contribution in [0.3, 0.4) is 0 Å². The maximum absolute atomic E-state index is 13.0. The van der Waals surface area contributed by atoms with Crippen LogP contribution >= 0.6 is 0 Å². The van der Waals surface area contributed by atoms with Crippen molar-refractivity contribution in [1.82, 2.24) is 14.9 Å². The van der Waals surface area contributed by atoms with E-state index in [1.165, 1.54) is 12.1 Å². The molecule has 29 heavy (non-hydrogen) atoms. The van der Waals surface area contributed by atoms with Crippen LogP contribution in [0.2, 0.25) is 0 Å². The summed E-state index contributed by atoms with van der Waals surface area (Å²) in [5.41, 5.74) is 0.960. The summed E-state index contributed by atoms with van der Waals surface area (Å²) in [6, 6.07) is 9.88. The molecule has 1 aliphatic heterocycles. The van der Waals surface area contributed by atoms with Crippen LogP contribution in [0.25, 0.3) is 0 Å². The van der Waals surface area contributed by atoms with Gasteiger partial charge in [0.1, 0.15) is 17.3 Å². The van der Waals surface area contributed by atoms with E-state index in [0.29, 0.717) is 31.2 Å². The summed E-state index contributed by atoms with van der Waals surface area (Å²) in [6.45, 7) is 1.25. The molecule has 1 amide bonds. The lowest BCUT2D eigenvalue weighted by Crippen LogP contribution is -2.41. The largest absolute Gasteiger partial charge is 0.482 e. The van der Waals surface area contributed by atoms with E-state index in [4.69, 9.17) is 9.15 Å². The predicted molar refractivity (Wildman–Crippen MR) is 104 cm³/mol. The number of oxazole rings is 1. The van der Waals surface area contributed by atoms with E-state index in [1.807, 2.05) is 0 Å². The molecule has 150 valence electrons. The van der Waals surface area contributed by atoms with Crippen LogP contribution in [-0.2, 0) is 11.2 Å². The number of rotatable bonds is 6. The third-order valence-corrected chi connectivity index (χ3v) is 4.98. The number of hydrogen-bond acceptors (Lipinski definition) is 5. The number of halogens is 1. The summed E-state index contributed by atoms with van der Waals surface area (Å²) in [6.07, 6.45) is 7.32. The number of likely N-dealkylation sites (tertiary alicyclic amines) is 1. The van der Waals surface area contributed by atoms with Crippen molar-refractivity contribution in [3.63, 3.8) is 0 Å². The van der Waals surface area contributed by atoms with Gasteiger partial charge in [0.25, 0.3) is 5.91 Å². The first-order valence-electron chi connectivity index (χ1n) is 9.67. The minimum absolute atomic E-state index is 0.0141. The number of aromatic nitrogens is 2. The van der Waals surface area contributed by atoms with Gasteiger partial charge in [-0.15, -0.1) is 0 Å². The van der Waals surface area contributed by atoms with Crippen LogP contribution in [-0.4, -0.2) is 40.5 Å². The lowest BCUT2D eigenvalue weighted by molar-refractivity contribution is -0.134. The van der Waals surface area contributed by atoms with E-state index in [9.17, 15) is 9.18 Å². The zero-order chi connectivity index (χ0) is 20.1. The Morgan fingerprint density at radius 2 is 2.10 bits per heavy atom. The number of piperidine rings is 1. The van der Waals surface area contributed by atoms with Crippen molar-refractivity contribution < 1.29 is 18.3 Å². The van der Waals surface area contributed by atoms with Gasteiger partial charge in [0, 0.05) is 25.7 Å². The molecule has 4 rings (SSSR count). The highest BCUT2D eigenvalue weighted by atomic mass is 19.1. The van der Waals surface area contributed by atoms with Crippen LogP contribution in [0.15, 0.2) is 59.4 Å². The second-order valence-corrected chi connectivity index (χ2v) is 7.12. The zero-order valence-corrected chi connectivity index (χ0v) is 16.0. The first-order chi connectivity index (χ1) is 14.2. The maximum atomic E-state index is 13.0. The Balaban J connectivity index is 1.34. The van der Waals surface area contributed by atoms with E-state index in [2.05, 4.69) is 9.97 Å². The minimum Gasteiger partial charge on any atom is -0.482 e. The highest BCUT2D eigenvalue weighted by molar-refractivity contribution is 5.78. The molecule has 0 saturated carbocycles. The molecule has 1 aromatic carbocycles. The van der Waals surface area contributed by atoms with Crippen LogP contribution in [0.5, 0.6) is 5.75 Å². The Bertz CT molecular complexity index is 943. The fraction of sp³-hybridized carbons (Fsp3) is 0.318. The predicted octanol–water partition coefficient (Wildman–Crippen LogP) is 3.58. The van der Waals surface area contributed by atoms with E-state index < -0.39 is 0 Å². The molecule has 1 fully saturated rings. The van der Waals surface area contributed by atoms with Gasteiger partial charge < -0.3 is 14.1 Å². The number of nitrogens with zero attached hydrogens (tertiary/aromatic N) is 3. The molecule has 0 bridgehead atoms. The Kier molecular flexibility index (Phi) is 5.84. The summed E-state index contributed by atoms with van der Waals surface area (Å²) >= 11 is 0. The molecule has 1 atom stereocenters. The fourth-order valence-electron chi connectivity index (χ4n) is 3.47. The number of hydrogen-bond donors (Lipinski definition) is 0. The molecule has 1 saturated heterocycles. The minimum atomic E-state index is -0.258. The first-order valence-corrected chi connectivity index (χ1v) is 9.67. The fourth-order valence-corrected chi connectivity index (χ4v) is 3.47. The van der Waals surface area contributed by atoms with Crippen LogP contribution in [0, 0.1) is 5.82 Å². The quantitative estimate of drug-likeness (QED) is 0.638. The molecule has 6 nitrogen and oxygen atoms in total. The topological polar surface area (TPSA) is 68.5 Å². The number of pyridine rings is 1. The normalized spacial score (nSPS) is 16.6. The first kappa shape index (κ1) is 19.1. The van der Waals surface area contributed by atoms with Crippen molar-refractivity contribution in [2.24, 2.45) is 0 Å². The molecule has 1 aliphatic rings. The molecule has 2 aromatic heterocycles. The van der Waals surface area contributed by atoms with Gasteiger partial charge in [0.05, 0.1) is 18.3 Å². The molecular formula is C22H22FN3O3. The van der Waals surface area contributed by atoms with Crippen molar-refractivity contribution in [1.29, 1.82) is 0 Å². The lowest BCUT2D eigenvalue weighted by Gasteiger charge is -2.31. The molecule has 3 aromatic rings. The lowest BCUT2D eigenvalue weighted by atomic mass is 9.98. The second kappa shape index (κ2) is 8.86. The summed E-state index contributed by atoms with van der Waals surface area (Å²) in [5.74, 6) is 1.70. The molecule has 0 unspecified atom stereocenters. The van der Waals surface area contributed by atoms with Crippen LogP contribution in [0.4, 0.5) is 4.39 Å². The third-order valence-electron chi connectivity index (χ3n) is 4.98. The molecular weight excluding hydrogens is 373 g/mol. The summed E-state index contributed by atoms with van der Waals surface area (Å²) in [4.78, 5) is 22.7. The number of carbonyl (C=O) groups is 1. The standard InChI is InChI=1S/C22H22FN3O3/c23-18-7-5-16(6-8-18)11-20-13-25-22(29-20)17-3-2-10-26(14-17)21(27)15-28-19-4-1-9-24-12-19/h1,4-9,12-13,17H,2-3,10-11,14-15H2/t17-/m0/s1. The van der Waals surface area contributed by atoms with E-state index in [0.717, 1.165) is 24.2 Å². The molecule has 0 aliphatic carbocycles. The van der Waals surface area contributed by atoms with Gasteiger partial charge >= 0.3 is 0 Å². The molecule has 7 heteroatoms. The van der Waals surface area contributed by atoms with E-state index in [-0.39, 0.29) is 24.2 Å². The third kappa shape index (κ3) is 4.99. The van der Waals surface area contributed by atoms with Gasteiger partial charge in [-0.25, -0.2) is 9.37 Å². The Morgan fingerprint density at radius 3 is 2.90 bits per heavy atom. The number of amides is 1. The van der Waals surface area contributed by atoms with Gasteiger partial charge in [-0.2, -0.15) is 0 Å². The number of benzene rings is 1. The Labute approximate surface area is 168 Å². The molecule has 0 spiro atoms. The van der Waals surface area contributed by atoms with Crippen LogP contribution in [0.1, 0.15) is 36.0 Å². The zero-order valence-electron chi connectivity index (χ0n) is 16.0. The molecule has 0 radical (unpaired) electrons. The van der Waals surface area contributed by atoms with Gasteiger partial charge in [0.15, 0.2) is 12.5 Å². The summed E-state index contributed by atoms with van der Waals surface area (Å²) in [7, 11) is 0. The summed E-state index contributed by atoms with van der Waals surface area (Å²) in [5, 5.41) is 0. The highest BCUT2D eigenvalue weighted by Gasteiger charge is 2.28. The van der Waals surface area contributed by atoms with Gasteiger partial charge in [-0.1, -0.05) is 12.1 Å².